The summed E-state index contributed by atoms with van der Waals surface area (Å²) in [5.74, 6) is 0.958. The summed E-state index contributed by atoms with van der Waals surface area (Å²) in [5.41, 5.74) is 3.97. The molecule has 0 aromatic heterocycles. The van der Waals surface area contributed by atoms with Crippen molar-refractivity contribution in [3.63, 3.8) is 0 Å². The van der Waals surface area contributed by atoms with Crippen molar-refractivity contribution in [2.45, 2.75) is 45.8 Å². The first-order valence-corrected chi connectivity index (χ1v) is 8.63. The van der Waals surface area contributed by atoms with Gasteiger partial charge in [-0.25, -0.2) is 0 Å². The monoisotopic (exact) mass is 320 g/mol. The lowest BCUT2D eigenvalue weighted by atomic mass is 9.93. The molecular formula is C21H24N2O. The second kappa shape index (κ2) is 6.57. The van der Waals surface area contributed by atoms with Gasteiger partial charge >= 0.3 is 0 Å². The molecule has 1 aliphatic heterocycles. The van der Waals surface area contributed by atoms with Crippen molar-refractivity contribution in [1.82, 2.24) is 0 Å². The molecule has 0 saturated heterocycles. The summed E-state index contributed by atoms with van der Waals surface area (Å²) in [4.78, 5) is 2.36. The zero-order chi connectivity index (χ0) is 17.2. The minimum Gasteiger partial charge on any atom is -0.483 e. The van der Waals surface area contributed by atoms with Crippen LogP contribution in [0.2, 0.25) is 0 Å². The number of hydrogen-bond donors (Lipinski definition) is 0. The van der Waals surface area contributed by atoms with Gasteiger partial charge in [0.15, 0.2) is 0 Å². The van der Waals surface area contributed by atoms with Gasteiger partial charge < -0.3 is 9.64 Å². The number of aryl methyl sites for hydroxylation is 1. The highest BCUT2D eigenvalue weighted by Gasteiger charge is 2.37. The molecule has 0 fully saturated rings. The lowest BCUT2D eigenvalue weighted by Crippen LogP contribution is -2.50. The highest BCUT2D eigenvalue weighted by atomic mass is 16.5. The van der Waals surface area contributed by atoms with Crippen molar-refractivity contribution >= 4 is 5.69 Å². The smallest absolute Gasteiger partial charge is 0.143 e. The molecule has 2 aromatic carbocycles. The van der Waals surface area contributed by atoms with Gasteiger partial charge in [0.1, 0.15) is 11.4 Å². The number of ether oxygens (including phenoxy) is 1. The van der Waals surface area contributed by atoms with Gasteiger partial charge in [0, 0.05) is 6.54 Å². The fourth-order valence-electron chi connectivity index (χ4n) is 3.39. The number of nitrogens with zero attached hydrogens (tertiary/aromatic N) is 2. The van der Waals surface area contributed by atoms with E-state index >= 15 is 0 Å². The summed E-state index contributed by atoms with van der Waals surface area (Å²) in [6, 6.07) is 16.5. The quantitative estimate of drug-likeness (QED) is 0.810. The molecule has 0 aliphatic carbocycles. The Morgan fingerprint density at radius 3 is 2.62 bits per heavy atom. The molecule has 0 radical (unpaired) electrons. The van der Waals surface area contributed by atoms with E-state index in [0.717, 1.165) is 48.5 Å². The lowest BCUT2D eigenvalue weighted by Gasteiger charge is -2.44. The summed E-state index contributed by atoms with van der Waals surface area (Å²) >= 11 is 0. The fraction of sp³-hybridized carbons (Fsp3) is 0.381. The number of anilines is 1. The summed E-state index contributed by atoms with van der Waals surface area (Å²) in [7, 11) is 0. The molecule has 3 rings (SSSR count). The van der Waals surface area contributed by atoms with Crippen molar-refractivity contribution in [2.75, 3.05) is 11.4 Å². The van der Waals surface area contributed by atoms with E-state index in [1.807, 2.05) is 24.3 Å². The Kier molecular flexibility index (Phi) is 4.49. The van der Waals surface area contributed by atoms with Gasteiger partial charge in [-0.3, -0.25) is 0 Å². The van der Waals surface area contributed by atoms with Crippen LogP contribution in [0.15, 0.2) is 42.5 Å². The Hall–Kier alpha value is -2.47. The SMILES string of the molecule is CCC1(CC)CN(Cc2ccccc2C#N)c2ccc(C)cc2O1. The van der Waals surface area contributed by atoms with Crippen LogP contribution in [0, 0.1) is 18.3 Å². The number of fused-ring (bicyclic) bond motifs is 1. The van der Waals surface area contributed by atoms with Crippen LogP contribution in [-0.4, -0.2) is 12.1 Å². The highest BCUT2D eigenvalue weighted by Crippen LogP contribution is 2.41. The second-order valence-corrected chi connectivity index (χ2v) is 6.59. The van der Waals surface area contributed by atoms with E-state index in [9.17, 15) is 5.26 Å². The van der Waals surface area contributed by atoms with Crippen LogP contribution in [-0.2, 0) is 6.54 Å². The lowest BCUT2D eigenvalue weighted by molar-refractivity contribution is 0.0569. The number of benzene rings is 2. The molecule has 0 saturated carbocycles. The number of nitriles is 1. The molecule has 124 valence electrons. The maximum atomic E-state index is 9.38. The third kappa shape index (κ3) is 2.97. The van der Waals surface area contributed by atoms with Gasteiger partial charge in [-0.1, -0.05) is 38.1 Å². The van der Waals surface area contributed by atoms with Crippen LogP contribution in [0.3, 0.4) is 0 Å². The van der Waals surface area contributed by atoms with Gasteiger partial charge in [0.2, 0.25) is 0 Å². The maximum Gasteiger partial charge on any atom is 0.143 e. The third-order valence-corrected chi connectivity index (χ3v) is 5.05. The van der Waals surface area contributed by atoms with Crippen LogP contribution in [0.25, 0.3) is 0 Å². The predicted octanol–water partition coefficient (Wildman–Crippen LogP) is 4.82. The van der Waals surface area contributed by atoms with E-state index < -0.39 is 0 Å². The van der Waals surface area contributed by atoms with E-state index in [1.54, 1.807) is 0 Å². The average molecular weight is 320 g/mol. The zero-order valence-electron chi connectivity index (χ0n) is 14.7. The minimum absolute atomic E-state index is 0.164. The van der Waals surface area contributed by atoms with Crippen molar-refractivity contribution in [1.29, 1.82) is 5.26 Å². The molecule has 1 heterocycles. The summed E-state index contributed by atoms with van der Waals surface area (Å²) < 4.78 is 6.42. The number of hydrogen-bond acceptors (Lipinski definition) is 3. The van der Waals surface area contributed by atoms with E-state index in [1.165, 1.54) is 5.56 Å². The molecule has 0 spiro atoms. The summed E-state index contributed by atoms with van der Waals surface area (Å²) in [6.45, 7) is 8.03. The van der Waals surface area contributed by atoms with Gasteiger partial charge in [0.05, 0.1) is 23.9 Å². The Bertz CT molecular complexity index is 772. The largest absolute Gasteiger partial charge is 0.483 e. The fourth-order valence-corrected chi connectivity index (χ4v) is 3.39. The first-order chi connectivity index (χ1) is 11.6. The van der Waals surface area contributed by atoms with Crippen LogP contribution in [0.1, 0.15) is 43.4 Å². The van der Waals surface area contributed by atoms with Crippen LogP contribution >= 0.6 is 0 Å². The third-order valence-electron chi connectivity index (χ3n) is 5.05. The molecular weight excluding hydrogens is 296 g/mol. The molecule has 0 atom stereocenters. The normalized spacial score (nSPS) is 15.3. The Labute approximate surface area is 144 Å². The molecule has 1 aliphatic rings. The maximum absolute atomic E-state index is 9.38. The average Bonchev–Trinajstić information content (AvgIpc) is 2.61. The Balaban J connectivity index is 2.01. The van der Waals surface area contributed by atoms with Crippen molar-refractivity contribution in [2.24, 2.45) is 0 Å². The van der Waals surface area contributed by atoms with Gasteiger partial charge in [-0.05, 0) is 49.1 Å². The first kappa shape index (κ1) is 16.4. The first-order valence-electron chi connectivity index (χ1n) is 8.63. The molecule has 2 aromatic rings. The molecule has 24 heavy (non-hydrogen) atoms. The number of rotatable bonds is 4. The van der Waals surface area contributed by atoms with Crippen molar-refractivity contribution in [3.05, 3.63) is 59.2 Å². The minimum atomic E-state index is -0.164. The van der Waals surface area contributed by atoms with E-state index in [0.29, 0.717) is 0 Å². The second-order valence-electron chi connectivity index (χ2n) is 6.59. The molecule has 0 N–H and O–H groups in total. The molecule has 0 unspecified atom stereocenters. The molecule has 0 amide bonds. The van der Waals surface area contributed by atoms with Crippen molar-refractivity contribution in [3.8, 4) is 11.8 Å². The van der Waals surface area contributed by atoms with Crippen LogP contribution in [0.4, 0.5) is 5.69 Å². The molecule has 3 heteroatoms. The Morgan fingerprint density at radius 2 is 1.92 bits per heavy atom. The van der Waals surface area contributed by atoms with Gasteiger partial charge in [-0.2, -0.15) is 5.26 Å². The van der Waals surface area contributed by atoms with Gasteiger partial charge in [0.25, 0.3) is 0 Å². The summed E-state index contributed by atoms with van der Waals surface area (Å²) in [6.07, 6.45) is 1.93. The van der Waals surface area contributed by atoms with Crippen molar-refractivity contribution < 1.29 is 4.74 Å². The zero-order valence-corrected chi connectivity index (χ0v) is 14.7. The Morgan fingerprint density at radius 1 is 1.17 bits per heavy atom. The van der Waals surface area contributed by atoms with E-state index in [2.05, 4.69) is 49.9 Å². The highest BCUT2D eigenvalue weighted by molar-refractivity contribution is 5.62. The topological polar surface area (TPSA) is 36.3 Å². The van der Waals surface area contributed by atoms with Crippen LogP contribution < -0.4 is 9.64 Å². The molecule has 0 bridgehead atoms. The molecule has 3 nitrogen and oxygen atoms in total. The van der Waals surface area contributed by atoms with E-state index in [-0.39, 0.29) is 5.60 Å². The predicted molar refractivity (Wildman–Crippen MR) is 97.3 cm³/mol. The van der Waals surface area contributed by atoms with E-state index in [4.69, 9.17) is 4.74 Å². The van der Waals surface area contributed by atoms with Crippen LogP contribution in [0.5, 0.6) is 5.75 Å². The standard InChI is InChI=1S/C21H24N2O/c1-4-21(5-2)15-23(14-18-9-7-6-8-17(18)13-22)19-11-10-16(3)12-20(19)24-21/h6-12H,4-5,14-15H2,1-3H3. The summed E-state index contributed by atoms with van der Waals surface area (Å²) in [5, 5.41) is 9.38. The van der Waals surface area contributed by atoms with Gasteiger partial charge in [-0.15, -0.1) is 0 Å².